The molecule has 1 aromatic carbocycles. The molecule has 0 spiro atoms. The highest BCUT2D eigenvalue weighted by molar-refractivity contribution is 5.83. The molecule has 0 amide bonds. The second-order valence-electron chi connectivity index (χ2n) is 4.28. The van der Waals surface area contributed by atoms with E-state index in [2.05, 4.69) is 0 Å². The molecule has 5 heteroatoms. The number of anilines is 1. The SMILES string of the molecule is CC1CN(c2cc(F)c(F)cc2F)CCC1=O. The molecule has 0 bridgehead atoms. The minimum Gasteiger partial charge on any atom is -0.368 e. The summed E-state index contributed by atoms with van der Waals surface area (Å²) < 4.78 is 39.3. The maximum absolute atomic E-state index is 13.5. The third-order valence-electron chi connectivity index (χ3n) is 3.00. The van der Waals surface area contributed by atoms with Crippen molar-refractivity contribution in [3.63, 3.8) is 0 Å². The van der Waals surface area contributed by atoms with Crippen LogP contribution in [0, 0.1) is 23.4 Å². The minimum absolute atomic E-state index is 0.0169. The summed E-state index contributed by atoms with van der Waals surface area (Å²) in [5, 5.41) is 0. The zero-order valence-electron chi connectivity index (χ0n) is 9.34. The maximum atomic E-state index is 13.5. The summed E-state index contributed by atoms with van der Waals surface area (Å²) in [6.45, 7) is 2.41. The fourth-order valence-electron chi connectivity index (χ4n) is 1.99. The molecule has 1 unspecified atom stereocenters. The normalized spacial score (nSPS) is 20.8. The molecule has 1 aliphatic rings. The van der Waals surface area contributed by atoms with E-state index in [4.69, 9.17) is 0 Å². The zero-order valence-corrected chi connectivity index (χ0v) is 9.34. The number of hydrogen-bond donors (Lipinski definition) is 0. The molecule has 0 radical (unpaired) electrons. The van der Waals surface area contributed by atoms with Crippen LogP contribution in [0.4, 0.5) is 18.9 Å². The second-order valence-corrected chi connectivity index (χ2v) is 4.28. The van der Waals surface area contributed by atoms with Crippen LogP contribution in [-0.4, -0.2) is 18.9 Å². The number of halogens is 3. The summed E-state index contributed by atoms with van der Waals surface area (Å²) in [7, 11) is 0. The van der Waals surface area contributed by atoms with Gasteiger partial charge < -0.3 is 4.90 Å². The third kappa shape index (κ3) is 2.28. The molecule has 92 valence electrons. The topological polar surface area (TPSA) is 20.3 Å². The predicted octanol–water partition coefficient (Wildman–Crippen LogP) is 2.52. The second kappa shape index (κ2) is 4.39. The summed E-state index contributed by atoms with van der Waals surface area (Å²) in [5.41, 5.74) is 0.0169. The Morgan fingerprint density at radius 3 is 2.47 bits per heavy atom. The van der Waals surface area contributed by atoms with Crippen LogP contribution in [-0.2, 0) is 4.79 Å². The van der Waals surface area contributed by atoms with Gasteiger partial charge in [0.05, 0.1) is 5.69 Å². The van der Waals surface area contributed by atoms with Gasteiger partial charge in [-0.1, -0.05) is 6.92 Å². The van der Waals surface area contributed by atoms with Gasteiger partial charge >= 0.3 is 0 Å². The van der Waals surface area contributed by atoms with Gasteiger partial charge in [-0.05, 0) is 0 Å². The monoisotopic (exact) mass is 243 g/mol. The van der Waals surface area contributed by atoms with Gasteiger partial charge in [-0.15, -0.1) is 0 Å². The van der Waals surface area contributed by atoms with Crippen LogP contribution in [0.1, 0.15) is 13.3 Å². The smallest absolute Gasteiger partial charge is 0.161 e. The van der Waals surface area contributed by atoms with Crippen LogP contribution in [0.3, 0.4) is 0 Å². The molecule has 2 rings (SSSR count). The van der Waals surface area contributed by atoms with E-state index in [1.807, 2.05) is 0 Å². The fourth-order valence-corrected chi connectivity index (χ4v) is 1.99. The Bertz CT molecular complexity index is 461. The van der Waals surface area contributed by atoms with Crippen molar-refractivity contribution in [1.29, 1.82) is 0 Å². The van der Waals surface area contributed by atoms with Gasteiger partial charge in [0.25, 0.3) is 0 Å². The fraction of sp³-hybridized carbons (Fsp3) is 0.417. The molecule has 1 heterocycles. The number of hydrogen-bond acceptors (Lipinski definition) is 2. The van der Waals surface area contributed by atoms with Crippen molar-refractivity contribution in [2.45, 2.75) is 13.3 Å². The summed E-state index contributed by atoms with van der Waals surface area (Å²) in [6, 6.07) is 1.37. The number of carbonyl (C=O) groups excluding carboxylic acids is 1. The van der Waals surface area contributed by atoms with Crippen LogP contribution in [0.5, 0.6) is 0 Å². The summed E-state index contributed by atoms with van der Waals surface area (Å²) in [5.74, 6) is -3.18. The summed E-state index contributed by atoms with van der Waals surface area (Å²) in [6.07, 6.45) is 0.305. The Hall–Kier alpha value is -1.52. The lowest BCUT2D eigenvalue weighted by Crippen LogP contribution is -2.40. The Kier molecular flexibility index (Phi) is 3.09. The van der Waals surface area contributed by atoms with Crippen LogP contribution in [0.25, 0.3) is 0 Å². The molecule has 0 aliphatic carbocycles. The molecule has 0 aromatic heterocycles. The highest BCUT2D eigenvalue weighted by atomic mass is 19.2. The van der Waals surface area contributed by atoms with Crippen molar-refractivity contribution >= 4 is 11.5 Å². The van der Waals surface area contributed by atoms with Crippen molar-refractivity contribution in [1.82, 2.24) is 0 Å². The first kappa shape index (κ1) is 12.0. The molecule has 1 aliphatic heterocycles. The van der Waals surface area contributed by atoms with E-state index in [1.54, 1.807) is 11.8 Å². The lowest BCUT2D eigenvalue weighted by Gasteiger charge is -2.32. The molecule has 1 atom stereocenters. The Balaban J connectivity index is 2.29. The molecule has 2 nitrogen and oxygen atoms in total. The van der Waals surface area contributed by atoms with E-state index in [0.717, 1.165) is 6.07 Å². The van der Waals surface area contributed by atoms with E-state index in [-0.39, 0.29) is 17.4 Å². The third-order valence-corrected chi connectivity index (χ3v) is 3.00. The van der Waals surface area contributed by atoms with E-state index in [0.29, 0.717) is 25.6 Å². The molecule has 0 saturated carbocycles. The first-order valence-electron chi connectivity index (χ1n) is 5.41. The predicted molar refractivity (Wildman–Crippen MR) is 57.3 cm³/mol. The van der Waals surface area contributed by atoms with Crippen LogP contribution in [0.2, 0.25) is 0 Å². The van der Waals surface area contributed by atoms with Crippen LogP contribution >= 0.6 is 0 Å². The molecule has 0 N–H and O–H groups in total. The van der Waals surface area contributed by atoms with Crippen molar-refractivity contribution in [3.8, 4) is 0 Å². The van der Waals surface area contributed by atoms with Crippen molar-refractivity contribution in [2.24, 2.45) is 5.92 Å². The quantitative estimate of drug-likeness (QED) is 0.706. The zero-order chi connectivity index (χ0) is 12.6. The minimum atomic E-state index is -1.20. The number of benzene rings is 1. The Labute approximate surface area is 97.0 Å². The largest absolute Gasteiger partial charge is 0.368 e. The highest BCUT2D eigenvalue weighted by Crippen LogP contribution is 2.26. The molecule has 1 aromatic rings. The van der Waals surface area contributed by atoms with Crippen molar-refractivity contribution < 1.29 is 18.0 Å². The van der Waals surface area contributed by atoms with Crippen LogP contribution in [0.15, 0.2) is 12.1 Å². The summed E-state index contributed by atoms with van der Waals surface area (Å²) in [4.78, 5) is 12.9. The lowest BCUT2D eigenvalue weighted by atomic mass is 9.98. The van der Waals surface area contributed by atoms with Gasteiger partial charge in [0.1, 0.15) is 11.6 Å². The van der Waals surface area contributed by atoms with E-state index in [9.17, 15) is 18.0 Å². The first-order chi connectivity index (χ1) is 7.99. The number of rotatable bonds is 1. The molecular formula is C12H12F3NO. The molecule has 17 heavy (non-hydrogen) atoms. The number of Topliss-reactive ketones (excluding diaryl/α,β-unsaturated/α-hetero) is 1. The highest BCUT2D eigenvalue weighted by Gasteiger charge is 2.26. The number of piperidine rings is 1. The Morgan fingerprint density at radius 1 is 1.18 bits per heavy atom. The lowest BCUT2D eigenvalue weighted by molar-refractivity contribution is -0.122. The number of ketones is 1. The van der Waals surface area contributed by atoms with E-state index in [1.165, 1.54) is 0 Å². The summed E-state index contributed by atoms with van der Waals surface area (Å²) >= 11 is 0. The Morgan fingerprint density at radius 2 is 1.82 bits per heavy atom. The number of nitrogens with zero attached hydrogens (tertiary/aromatic N) is 1. The van der Waals surface area contributed by atoms with E-state index >= 15 is 0 Å². The average molecular weight is 243 g/mol. The maximum Gasteiger partial charge on any atom is 0.161 e. The average Bonchev–Trinajstić information content (AvgIpc) is 2.27. The van der Waals surface area contributed by atoms with Crippen molar-refractivity contribution in [3.05, 3.63) is 29.6 Å². The van der Waals surface area contributed by atoms with Gasteiger partial charge in [0, 0.05) is 37.6 Å². The first-order valence-corrected chi connectivity index (χ1v) is 5.41. The van der Waals surface area contributed by atoms with Gasteiger partial charge in [0.2, 0.25) is 0 Å². The molecular weight excluding hydrogens is 231 g/mol. The molecule has 1 fully saturated rings. The van der Waals surface area contributed by atoms with Gasteiger partial charge in [-0.25, -0.2) is 13.2 Å². The van der Waals surface area contributed by atoms with Crippen LogP contribution < -0.4 is 4.90 Å². The molecule has 1 saturated heterocycles. The van der Waals surface area contributed by atoms with Gasteiger partial charge in [-0.2, -0.15) is 0 Å². The standard InChI is InChI=1S/C12H12F3NO/c1-7-6-16(3-2-12(7)17)11-5-9(14)8(13)4-10(11)15/h4-5,7H,2-3,6H2,1H3. The van der Waals surface area contributed by atoms with Crippen molar-refractivity contribution in [2.75, 3.05) is 18.0 Å². The van der Waals surface area contributed by atoms with Gasteiger partial charge in [-0.3, -0.25) is 4.79 Å². The van der Waals surface area contributed by atoms with E-state index < -0.39 is 17.5 Å². The van der Waals surface area contributed by atoms with Gasteiger partial charge in [0.15, 0.2) is 11.6 Å². The number of carbonyl (C=O) groups is 1.